The van der Waals surface area contributed by atoms with Crippen LogP contribution in [-0.2, 0) is 19.0 Å². The summed E-state index contributed by atoms with van der Waals surface area (Å²) in [6.07, 6.45) is 1.46. The zero-order valence-corrected chi connectivity index (χ0v) is 13.9. The predicted molar refractivity (Wildman–Crippen MR) is 86.6 cm³/mol. The molecule has 2 aromatic rings. The van der Waals surface area contributed by atoms with Crippen molar-refractivity contribution in [2.24, 2.45) is 0 Å². The predicted octanol–water partition coefficient (Wildman–Crippen LogP) is 4.20. The van der Waals surface area contributed by atoms with Crippen molar-refractivity contribution in [2.75, 3.05) is 5.73 Å². The molecule has 4 nitrogen and oxygen atoms in total. The minimum Gasteiger partial charge on any atom is -0.384 e. The summed E-state index contributed by atoms with van der Waals surface area (Å²) in [4.78, 5) is 12.0. The first-order valence-electron chi connectivity index (χ1n) is 7.69. The zero-order chi connectivity index (χ0) is 17.3. The van der Waals surface area contributed by atoms with Gasteiger partial charge in [0, 0.05) is 12.3 Å². The number of halogens is 3. The first-order chi connectivity index (χ1) is 11.3. The average molecular weight is 354 g/mol. The second-order valence-electron chi connectivity index (χ2n) is 5.76. The molecule has 0 bridgehead atoms. The molecule has 0 fully saturated rings. The fourth-order valence-corrected chi connectivity index (χ4v) is 3.84. The maximum absolute atomic E-state index is 12.9. The van der Waals surface area contributed by atoms with E-state index >= 15 is 0 Å². The number of hydrogen-bond acceptors (Lipinski definition) is 5. The van der Waals surface area contributed by atoms with E-state index < -0.39 is 11.9 Å². The number of hydrogen-bond donors (Lipinski definition) is 1. The zero-order valence-electron chi connectivity index (χ0n) is 13.1. The van der Waals surface area contributed by atoms with Crippen molar-refractivity contribution in [3.05, 3.63) is 40.8 Å². The van der Waals surface area contributed by atoms with Gasteiger partial charge >= 0.3 is 6.18 Å². The van der Waals surface area contributed by atoms with Crippen LogP contribution in [0.25, 0.3) is 0 Å². The van der Waals surface area contributed by atoms with Crippen LogP contribution in [0.4, 0.5) is 19.0 Å². The maximum Gasteiger partial charge on any atom is 0.433 e. The van der Waals surface area contributed by atoms with Crippen LogP contribution in [-0.4, -0.2) is 15.0 Å². The quantitative estimate of drug-likeness (QED) is 0.661. The highest BCUT2D eigenvalue weighted by molar-refractivity contribution is 7.99. The average Bonchev–Trinajstić information content (AvgIpc) is 2.53. The molecule has 1 atom stereocenters. The van der Waals surface area contributed by atoms with E-state index in [0.717, 1.165) is 49.2 Å². The van der Waals surface area contributed by atoms with Crippen molar-refractivity contribution in [3.63, 3.8) is 0 Å². The molecule has 1 unspecified atom stereocenters. The van der Waals surface area contributed by atoms with Crippen LogP contribution in [0.1, 0.15) is 47.5 Å². The Labute approximate surface area is 142 Å². The standard InChI is InChI=1S/C16H17F3N4S/c1-9(14-11-5-3-2-4-10(11)6-7-21-14)24-15-22-12(16(17,18)19)8-13(20)23-15/h6-9H,2-5H2,1H3,(H2,20,22,23). The molecule has 2 aromatic heterocycles. The van der Waals surface area contributed by atoms with Crippen LogP contribution < -0.4 is 5.73 Å². The number of nitrogens with zero attached hydrogens (tertiary/aromatic N) is 3. The number of nitrogen functional groups attached to an aromatic ring is 1. The molecule has 0 saturated carbocycles. The normalized spacial score (nSPS) is 15.8. The smallest absolute Gasteiger partial charge is 0.384 e. The summed E-state index contributed by atoms with van der Waals surface area (Å²) in [5.74, 6) is -0.185. The van der Waals surface area contributed by atoms with Gasteiger partial charge in [0.1, 0.15) is 5.82 Å². The van der Waals surface area contributed by atoms with E-state index in [0.29, 0.717) is 0 Å². The Kier molecular flexibility index (Phi) is 4.67. The molecule has 128 valence electrons. The van der Waals surface area contributed by atoms with E-state index in [4.69, 9.17) is 5.73 Å². The molecule has 2 heterocycles. The van der Waals surface area contributed by atoms with Crippen LogP contribution in [0.3, 0.4) is 0 Å². The Morgan fingerprint density at radius 3 is 2.71 bits per heavy atom. The summed E-state index contributed by atoms with van der Waals surface area (Å²) < 4.78 is 38.6. The largest absolute Gasteiger partial charge is 0.433 e. The third kappa shape index (κ3) is 3.63. The van der Waals surface area contributed by atoms with Gasteiger partial charge in [0.15, 0.2) is 10.9 Å². The van der Waals surface area contributed by atoms with E-state index in [9.17, 15) is 13.2 Å². The van der Waals surface area contributed by atoms with Crippen molar-refractivity contribution < 1.29 is 13.2 Å². The Morgan fingerprint density at radius 2 is 1.96 bits per heavy atom. The Morgan fingerprint density at radius 1 is 1.21 bits per heavy atom. The molecule has 2 N–H and O–H groups in total. The van der Waals surface area contributed by atoms with Gasteiger partial charge in [-0.05, 0) is 49.8 Å². The number of pyridine rings is 1. The summed E-state index contributed by atoms with van der Waals surface area (Å²) >= 11 is 1.15. The lowest BCUT2D eigenvalue weighted by Gasteiger charge is -2.21. The number of alkyl halides is 3. The lowest BCUT2D eigenvalue weighted by molar-refractivity contribution is -0.141. The number of fused-ring (bicyclic) bond motifs is 1. The van der Waals surface area contributed by atoms with Crippen LogP contribution in [0.5, 0.6) is 0 Å². The van der Waals surface area contributed by atoms with Crippen LogP contribution >= 0.6 is 11.8 Å². The van der Waals surface area contributed by atoms with Crippen molar-refractivity contribution in [1.29, 1.82) is 0 Å². The first kappa shape index (κ1) is 17.0. The van der Waals surface area contributed by atoms with Gasteiger partial charge in [-0.25, -0.2) is 9.97 Å². The highest BCUT2D eigenvalue weighted by atomic mass is 32.2. The molecule has 24 heavy (non-hydrogen) atoms. The second-order valence-corrected chi connectivity index (χ2v) is 7.07. The van der Waals surface area contributed by atoms with E-state index in [2.05, 4.69) is 15.0 Å². The number of thioether (sulfide) groups is 1. The summed E-state index contributed by atoms with van der Waals surface area (Å²) in [6, 6.07) is 2.77. The molecule has 1 aliphatic carbocycles. The highest BCUT2D eigenvalue weighted by Gasteiger charge is 2.34. The molecule has 1 aliphatic rings. The molecule has 0 aromatic carbocycles. The van der Waals surface area contributed by atoms with Crippen molar-refractivity contribution >= 4 is 17.6 Å². The minimum absolute atomic E-state index is 0.0186. The molecule has 0 amide bonds. The molecule has 0 saturated heterocycles. The maximum atomic E-state index is 12.9. The number of aryl methyl sites for hydroxylation is 1. The van der Waals surface area contributed by atoms with E-state index in [1.165, 1.54) is 11.1 Å². The van der Waals surface area contributed by atoms with Crippen LogP contribution in [0.2, 0.25) is 0 Å². The fraction of sp³-hybridized carbons (Fsp3) is 0.438. The summed E-state index contributed by atoms with van der Waals surface area (Å²) in [5.41, 5.74) is 7.87. The number of aromatic nitrogens is 3. The number of nitrogens with two attached hydrogens (primary N) is 1. The topological polar surface area (TPSA) is 64.7 Å². The lowest BCUT2D eigenvalue weighted by atomic mass is 9.90. The fourth-order valence-electron chi connectivity index (χ4n) is 2.90. The van der Waals surface area contributed by atoms with Gasteiger partial charge in [-0.15, -0.1) is 0 Å². The van der Waals surface area contributed by atoms with Gasteiger partial charge in [0.2, 0.25) is 0 Å². The van der Waals surface area contributed by atoms with Gasteiger partial charge in [0.05, 0.1) is 10.9 Å². The molecule has 3 rings (SSSR count). The van der Waals surface area contributed by atoms with Crippen molar-refractivity contribution in [1.82, 2.24) is 15.0 Å². The third-order valence-corrected chi connectivity index (χ3v) is 4.96. The first-order valence-corrected chi connectivity index (χ1v) is 8.57. The van der Waals surface area contributed by atoms with Gasteiger partial charge in [-0.3, -0.25) is 4.98 Å². The van der Waals surface area contributed by atoms with E-state index in [1.54, 1.807) is 6.20 Å². The second kappa shape index (κ2) is 6.58. The SMILES string of the molecule is CC(Sc1nc(N)cc(C(F)(F)F)n1)c1nccc2c1CCCC2. The van der Waals surface area contributed by atoms with Crippen molar-refractivity contribution in [3.8, 4) is 0 Å². The molecule has 0 aliphatic heterocycles. The number of anilines is 1. The third-order valence-electron chi connectivity index (χ3n) is 3.99. The molecular weight excluding hydrogens is 337 g/mol. The van der Waals surface area contributed by atoms with Gasteiger partial charge in [-0.1, -0.05) is 11.8 Å². The van der Waals surface area contributed by atoms with Crippen LogP contribution in [0, 0.1) is 0 Å². The van der Waals surface area contributed by atoms with Gasteiger partial charge < -0.3 is 5.73 Å². The van der Waals surface area contributed by atoms with E-state index in [-0.39, 0.29) is 16.2 Å². The van der Waals surface area contributed by atoms with Crippen molar-refractivity contribution in [2.45, 2.75) is 49.2 Å². The molecule has 8 heteroatoms. The minimum atomic E-state index is -4.54. The van der Waals surface area contributed by atoms with Gasteiger partial charge in [-0.2, -0.15) is 13.2 Å². The van der Waals surface area contributed by atoms with E-state index in [1.807, 2.05) is 13.0 Å². The Hall–Kier alpha value is -1.83. The Bertz CT molecular complexity index is 749. The van der Waals surface area contributed by atoms with Crippen LogP contribution in [0.15, 0.2) is 23.5 Å². The molecule has 0 radical (unpaired) electrons. The van der Waals surface area contributed by atoms with Gasteiger partial charge in [0.25, 0.3) is 0 Å². The Balaban J connectivity index is 1.88. The summed E-state index contributed by atoms with van der Waals surface area (Å²) in [6.45, 7) is 1.90. The number of rotatable bonds is 3. The summed E-state index contributed by atoms with van der Waals surface area (Å²) in [7, 11) is 0. The lowest BCUT2D eigenvalue weighted by Crippen LogP contribution is -2.12. The summed E-state index contributed by atoms with van der Waals surface area (Å²) in [5, 5.41) is -0.133. The highest BCUT2D eigenvalue weighted by Crippen LogP contribution is 2.38. The molecule has 0 spiro atoms. The molecular formula is C16H17F3N4S. The monoisotopic (exact) mass is 354 g/mol.